The second kappa shape index (κ2) is 4.94. The molecule has 1 atom stereocenters. The molecule has 1 aromatic rings. The first-order chi connectivity index (χ1) is 6.27. The lowest BCUT2D eigenvalue weighted by molar-refractivity contribution is 0.0686. The van der Waals surface area contributed by atoms with E-state index in [1.165, 1.54) is 12.1 Å². The van der Waals surface area contributed by atoms with Crippen LogP contribution in [0.4, 0.5) is 4.39 Å². The van der Waals surface area contributed by atoms with Gasteiger partial charge in [0.05, 0.1) is 6.10 Å². The van der Waals surface area contributed by atoms with E-state index in [2.05, 4.69) is 0 Å². The summed E-state index contributed by atoms with van der Waals surface area (Å²) in [5.74, 6) is -0.254. The van der Waals surface area contributed by atoms with Crippen LogP contribution in [0.25, 0.3) is 0 Å². The number of hydrogen-bond acceptors (Lipinski definition) is 2. The molecule has 2 N–H and O–H groups in total. The molecule has 0 spiro atoms. The van der Waals surface area contributed by atoms with E-state index in [1.54, 1.807) is 6.07 Å². The average Bonchev–Trinajstić information content (AvgIpc) is 2.14. The zero-order valence-corrected chi connectivity index (χ0v) is 7.66. The van der Waals surface area contributed by atoms with Crippen LogP contribution >= 0.6 is 0 Å². The van der Waals surface area contributed by atoms with Crippen LogP contribution in [0.15, 0.2) is 24.3 Å². The van der Waals surface area contributed by atoms with Gasteiger partial charge in [0.2, 0.25) is 0 Å². The van der Waals surface area contributed by atoms with Crippen molar-refractivity contribution in [2.75, 3.05) is 13.2 Å². The van der Waals surface area contributed by atoms with Crippen LogP contribution in [0.5, 0.6) is 0 Å². The van der Waals surface area contributed by atoms with Crippen molar-refractivity contribution in [3.8, 4) is 0 Å². The number of halogens is 1. The Labute approximate surface area is 77.5 Å². The summed E-state index contributed by atoms with van der Waals surface area (Å²) in [4.78, 5) is 0. The van der Waals surface area contributed by atoms with Crippen molar-refractivity contribution in [2.24, 2.45) is 5.73 Å². The monoisotopic (exact) mass is 183 g/mol. The maximum atomic E-state index is 12.8. The highest BCUT2D eigenvalue weighted by atomic mass is 19.1. The zero-order valence-electron chi connectivity index (χ0n) is 7.66. The molecule has 0 aliphatic carbocycles. The fourth-order valence-electron chi connectivity index (χ4n) is 1.21. The van der Waals surface area contributed by atoms with Gasteiger partial charge in [0, 0.05) is 13.2 Å². The molecule has 1 rings (SSSR count). The van der Waals surface area contributed by atoms with Crippen LogP contribution < -0.4 is 5.73 Å². The molecule has 0 unspecified atom stereocenters. The third kappa shape index (κ3) is 2.79. The van der Waals surface area contributed by atoms with Crippen LogP contribution in [-0.4, -0.2) is 13.2 Å². The lowest BCUT2D eigenvalue weighted by Gasteiger charge is -2.14. The number of benzene rings is 1. The number of nitrogens with two attached hydrogens (primary N) is 1. The summed E-state index contributed by atoms with van der Waals surface area (Å²) < 4.78 is 18.1. The van der Waals surface area contributed by atoms with Gasteiger partial charge in [-0.15, -0.1) is 0 Å². The summed E-state index contributed by atoms with van der Waals surface area (Å²) in [5.41, 5.74) is 6.29. The first kappa shape index (κ1) is 10.2. The van der Waals surface area contributed by atoms with Crippen molar-refractivity contribution in [1.82, 2.24) is 0 Å². The predicted molar refractivity (Wildman–Crippen MR) is 49.8 cm³/mol. The Bertz CT molecular complexity index is 265. The van der Waals surface area contributed by atoms with Crippen LogP contribution in [0.1, 0.15) is 18.6 Å². The molecule has 0 fully saturated rings. The Morgan fingerprint density at radius 3 is 2.85 bits per heavy atom. The highest BCUT2D eigenvalue weighted by Gasteiger charge is 2.08. The van der Waals surface area contributed by atoms with Crippen molar-refractivity contribution in [1.29, 1.82) is 0 Å². The van der Waals surface area contributed by atoms with Gasteiger partial charge in [-0.2, -0.15) is 0 Å². The normalized spacial score (nSPS) is 12.8. The van der Waals surface area contributed by atoms with Crippen molar-refractivity contribution >= 4 is 0 Å². The van der Waals surface area contributed by atoms with E-state index in [0.29, 0.717) is 13.2 Å². The molecular weight excluding hydrogens is 169 g/mol. The molecule has 3 heteroatoms. The van der Waals surface area contributed by atoms with E-state index in [0.717, 1.165) is 5.56 Å². The van der Waals surface area contributed by atoms with E-state index >= 15 is 0 Å². The SMILES string of the molecule is CCO[C@H](CN)c1cccc(F)c1. The van der Waals surface area contributed by atoms with Crippen molar-refractivity contribution in [2.45, 2.75) is 13.0 Å². The molecule has 0 radical (unpaired) electrons. The second-order valence-corrected chi connectivity index (χ2v) is 2.73. The molecule has 1 aromatic carbocycles. The second-order valence-electron chi connectivity index (χ2n) is 2.73. The molecule has 0 aliphatic rings. The van der Waals surface area contributed by atoms with E-state index in [1.807, 2.05) is 13.0 Å². The Hall–Kier alpha value is -0.930. The summed E-state index contributed by atoms with van der Waals surface area (Å²) in [7, 11) is 0. The Morgan fingerprint density at radius 2 is 2.31 bits per heavy atom. The smallest absolute Gasteiger partial charge is 0.123 e. The molecule has 0 amide bonds. The minimum absolute atomic E-state index is 0.194. The summed E-state index contributed by atoms with van der Waals surface area (Å²) >= 11 is 0. The lowest BCUT2D eigenvalue weighted by atomic mass is 10.1. The fraction of sp³-hybridized carbons (Fsp3) is 0.400. The third-order valence-corrected chi connectivity index (χ3v) is 1.80. The zero-order chi connectivity index (χ0) is 9.68. The molecule has 0 heterocycles. The van der Waals surface area contributed by atoms with E-state index < -0.39 is 0 Å². The first-order valence-electron chi connectivity index (χ1n) is 4.35. The molecule has 13 heavy (non-hydrogen) atoms. The molecule has 0 saturated heterocycles. The maximum absolute atomic E-state index is 12.8. The fourth-order valence-corrected chi connectivity index (χ4v) is 1.21. The Morgan fingerprint density at radius 1 is 1.54 bits per heavy atom. The molecule has 0 bridgehead atoms. The van der Waals surface area contributed by atoms with Crippen LogP contribution in [-0.2, 0) is 4.74 Å². The average molecular weight is 183 g/mol. The first-order valence-corrected chi connectivity index (χ1v) is 4.35. The minimum atomic E-state index is -0.254. The molecule has 0 saturated carbocycles. The summed E-state index contributed by atoms with van der Waals surface area (Å²) in [5, 5.41) is 0. The Kier molecular flexibility index (Phi) is 3.86. The molecule has 72 valence electrons. The number of rotatable bonds is 4. The van der Waals surface area contributed by atoms with E-state index in [4.69, 9.17) is 10.5 Å². The third-order valence-electron chi connectivity index (χ3n) is 1.80. The highest BCUT2D eigenvalue weighted by molar-refractivity contribution is 5.19. The van der Waals surface area contributed by atoms with Crippen LogP contribution in [0.3, 0.4) is 0 Å². The van der Waals surface area contributed by atoms with Crippen molar-refractivity contribution in [3.05, 3.63) is 35.6 Å². The highest BCUT2D eigenvalue weighted by Crippen LogP contribution is 2.16. The van der Waals surface area contributed by atoms with Gasteiger partial charge in [-0.1, -0.05) is 12.1 Å². The lowest BCUT2D eigenvalue weighted by Crippen LogP contribution is -2.15. The molecule has 0 aliphatic heterocycles. The van der Waals surface area contributed by atoms with Gasteiger partial charge in [-0.25, -0.2) is 4.39 Å². The van der Waals surface area contributed by atoms with Gasteiger partial charge in [-0.05, 0) is 24.6 Å². The van der Waals surface area contributed by atoms with Gasteiger partial charge in [0.15, 0.2) is 0 Å². The summed E-state index contributed by atoms with van der Waals surface area (Å²) in [6.07, 6.45) is -0.194. The van der Waals surface area contributed by atoms with Gasteiger partial charge in [-0.3, -0.25) is 0 Å². The van der Waals surface area contributed by atoms with Gasteiger partial charge < -0.3 is 10.5 Å². The van der Waals surface area contributed by atoms with Gasteiger partial charge in [0.25, 0.3) is 0 Å². The number of ether oxygens (including phenoxy) is 1. The molecule has 2 nitrogen and oxygen atoms in total. The Balaban J connectivity index is 2.78. The van der Waals surface area contributed by atoms with Crippen LogP contribution in [0.2, 0.25) is 0 Å². The topological polar surface area (TPSA) is 35.2 Å². The largest absolute Gasteiger partial charge is 0.372 e. The van der Waals surface area contributed by atoms with E-state index in [9.17, 15) is 4.39 Å². The maximum Gasteiger partial charge on any atom is 0.123 e. The molecule has 0 aromatic heterocycles. The molecular formula is C10H14FNO. The quantitative estimate of drug-likeness (QED) is 0.773. The van der Waals surface area contributed by atoms with Crippen LogP contribution in [0, 0.1) is 5.82 Å². The minimum Gasteiger partial charge on any atom is -0.372 e. The van der Waals surface area contributed by atoms with Gasteiger partial charge in [0.1, 0.15) is 5.82 Å². The van der Waals surface area contributed by atoms with Crippen molar-refractivity contribution in [3.63, 3.8) is 0 Å². The van der Waals surface area contributed by atoms with Gasteiger partial charge >= 0.3 is 0 Å². The van der Waals surface area contributed by atoms with Crippen molar-refractivity contribution < 1.29 is 9.13 Å². The van der Waals surface area contributed by atoms with E-state index in [-0.39, 0.29) is 11.9 Å². The predicted octanol–water partition coefficient (Wildman–Crippen LogP) is 1.86. The number of hydrogen-bond donors (Lipinski definition) is 1. The standard InChI is InChI=1S/C10H14FNO/c1-2-13-10(7-12)8-4-3-5-9(11)6-8/h3-6,10H,2,7,12H2,1H3/t10-/m1/s1. The summed E-state index contributed by atoms with van der Waals surface area (Å²) in [6, 6.07) is 6.33. The summed E-state index contributed by atoms with van der Waals surface area (Å²) in [6.45, 7) is 2.84.